The third-order valence-corrected chi connectivity index (χ3v) is 3.69. The van der Waals surface area contributed by atoms with Gasteiger partial charge in [-0.25, -0.2) is 4.79 Å². The maximum atomic E-state index is 10.6. The monoisotopic (exact) mass is 320 g/mol. The summed E-state index contributed by atoms with van der Waals surface area (Å²) in [6.07, 6.45) is -0.115. The summed E-state index contributed by atoms with van der Waals surface area (Å²) in [5.74, 6) is -0.0232. The zero-order valence-corrected chi connectivity index (χ0v) is 14.2. The summed E-state index contributed by atoms with van der Waals surface area (Å²) in [5, 5.41) is 8.21. The van der Waals surface area contributed by atoms with Crippen LogP contribution in [0.3, 0.4) is 0 Å². The second kappa shape index (κ2) is 10.5. The van der Waals surface area contributed by atoms with E-state index in [0.29, 0.717) is 0 Å². The largest absolute Gasteiger partial charge is 0.511 e. The Bertz CT molecular complexity index is 471. The number of hydrogen-bond donors (Lipinski definition) is 2. The standard InChI is InChI=1S/C7H6O6S.C3H7.ClH.Na/c8-7(9)13-5-1-3-6(4-2-5)14(10,11)12;1-3-2;;/h1-4H,(H,8,9)(H,10,11,12);1,3H2,2H3;1H;. The molecule has 0 aliphatic carbocycles. The van der Waals surface area contributed by atoms with E-state index in [0.717, 1.165) is 24.3 Å². The van der Waals surface area contributed by atoms with E-state index in [1.54, 1.807) is 0 Å². The molecule has 0 unspecified atom stereocenters. The van der Waals surface area contributed by atoms with Crippen molar-refractivity contribution in [2.45, 2.75) is 21.9 Å². The van der Waals surface area contributed by atoms with Crippen molar-refractivity contribution in [1.82, 2.24) is 0 Å². The van der Waals surface area contributed by atoms with Crippen molar-refractivity contribution in [2.24, 2.45) is 0 Å². The molecule has 104 valence electrons. The van der Waals surface area contributed by atoms with Gasteiger partial charge in [-0.05, 0) is 24.3 Å². The number of halogens is 1. The fourth-order valence-corrected chi connectivity index (χ4v) is 1.26. The second-order valence-electron chi connectivity index (χ2n) is 3.31. The Morgan fingerprint density at radius 2 is 1.74 bits per heavy atom. The van der Waals surface area contributed by atoms with Gasteiger partial charge in [0.1, 0.15) is 5.75 Å². The van der Waals surface area contributed by atoms with Crippen LogP contribution in [0.15, 0.2) is 29.2 Å². The summed E-state index contributed by atoms with van der Waals surface area (Å²) in [4.78, 5) is 9.74. The predicted octanol–water partition coefficient (Wildman–Crippen LogP) is 2.40. The van der Waals surface area contributed by atoms with Crippen molar-refractivity contribution in [3.8, 4) is 5.75 Å². The molecule has 0 amide bonds. The van der Waals surface area contributed by atoms with Gasteiger partial charge in [-0.1, -0.05) is 0 Å². The Labute approximate surface area is 135 Å². The minimum atomic E-state index is -4.25. The van der Waals surface area contributed by atoms with E-state index in [2.05, 4.69) is 11.7 Å². The molecule has 6 nitrogen and oxygen atoms in total. The molecule has 0 radical (unpaired) electrons. The number of ether oxygens (including phenoxy) is 1. The van der Waals surface area contributed by atoms with Gasteiger partial charge in [0.25, 0.3) is 10.1 Å². The summed E-state index contributed by atoms with van der Waals surface area (Å²) in [6, 6.07) is 4.32. The van der Waals surface area contributed by atoms with E-state index in [-0.39, 0.29) is 23.1 Å². The molecule has 19 heavy (non-hydrogen) atoms. The van der Waals surface area contributed by atoms with Gasteiger partial charge >= 0.3 is 51.1 Å². The van der Waals surface area contributed by atoms with Crippen LogP contribution in [0.1, 0.15) is 13.3 Å². The van der Waals surface area contributed by atoms with Crippen molar-refractivity contribution in [3.05, 3.63) is 24.3 Å². The van der Waals surface area contributed by atoms with Crippen LogP contribution in [0, 0.1) is 0 Å². The van der Waals surface area contributed by atoms with Crippen LogP contribution in [0.4, 0.5) is 4.79 Å². The molecular formula is C10H14ClNaO6S. The number of benzene rings is 1. The van der Waals surface area contributed by atoms with Crippen molar-refractivity contribution in [1.29, 1.82) is 0 Å². The van der Waals surface area contributed by atoms with E-state index in [9.17, 15) is 13.2 Å². The molecule has 2 N–H and O–H groups in total. The molecule has 9 heteroatoms. The van der Waals surface area contributed by atoms with E-state index in [4.69, 9.17) is 9.66 Å². The Hall–Kier alpha value is -0.310. The van der Waals surface area contributed by atoms with Crippen LogP contribution >= 0.6 is 12.4 Å². The van der Waals surface area contributed by atoms with Gasteiger partial charge in [0, 0.05) is 0 Å². The van der Waals surface area contributed by atoms with Gasteiger partial charge < -0.3 is 9.84 Å². The van der Waals surface area contributed by atoms with Gasteiger partial charge in [0.15, 0.2) is 0 Å². The molecule has 0 aliphatic rings. The van der Waals surface area contributed by atoms with Crippen LogP contribution in [0.5, 0.6) is 5.75 Å². The van der Waals surface area contributed by atoms with Crippen LogP contribution in [-0.2, 0) is 10.1 Å². The van der Waals surface area contributed by atoms with E-state index < -0.39 is 16.3 Å². The van der Waals surface area contributed by atoms with Gasteiger partial charge in [-0.15, -0.1) is 12.4 Å². The Morgan fingerprint density at radius 3 is 2.00 bits per heavy atom. The first kappa shape index (κ1) is 21.0. The quantitative estimate of drug-likeness (QED) is 0.384. The molecule has 0 atom stereocenters. The van der Waals surface area contributed by atoms with E-state index in [1.165, 1.54) is 38.0 Å². The third kappa shape index (κ3) is 10.2. The first-order valence-electron chi connectivity index (χ1n) is 5.29. The minimum Gasteiger partial charge on any atom is -0.449 e. The van der Waals surface area contributed by atoms with Crippen molar-refractivity contribution in [2.75, 3.05) is 0 Å². The number of rotatable bonds is 3. The fourth-order valence-electron chi connectivity index (χ4n) is 0.780. The smallest absolute Gasteiger partial charge is 0.449 e. The van der Waals surface area contributed by atoms with Crippen LogP contribution in [0.25, 0.3) is 0 Å². The summed E-state index contributed by atoms with van der Waals surface area (Å²) in [5.41, 5.74) is 0. The number of carboxylic acid groups (broad SMARTS) is 1. The Balaban J connectivity index is 0. The molecule has 1 aromatic rings. The summed E-state index contributed by atoms with van der Waals surface area (Å²) < 4.78 is 35.4. The SMILES string of the molecule is CC[CH2][Na].Cl.O=C(O)Oc1ccc(S(=O)(=O)O)cc1. The summed E-state index contributed by atoms with van der Waals surface area (Å²) >= 11 is 1.39. The topological polar surface area (TPSA) is 101 Å². The average Bonchev–Trinajstić information content (AvgIpc) is 2.28. The molecule has 0 bridgehead atoms. The molecule has 0 aliphatic heterocycles. The molecule has 1 rings (SSSR count). The molecular weight excluding hydrogens is 307 g/mol. The zero-order chi connectivity index (χ0) is 14.2. The maximum Gasteiger partial charge on any atom is 0.511 e. The van der Waals surface area contributed by atoms with Crippen molar-refractivity contribution < 1.29 is 27.6 Å². The summed E-state index contributed by atoms with van der Waals surface area (Å²) in [7, 11) is -4.25. The van der Waals surface area contributed by atoms with Crippen LogP contribution in [0.2, 0.25) is 3.67 Å². The molecule has 0 aromatic heterocycles. The average molecular weight is 321 g/mol. The molecule has 0 saturated heterocycles. The van der Waals surface area contributed by atoms with Gasteiger partial charge in [0.05, 0.1) is 4.90 Å². The van der Waals surface area contributed by atoms with Crippen molar-refractivity contribution >= 4 is 56.6 Å². The summed E-state index contributed by atoms with van der Waals surface area (Å²) in [6.45, 7) is 2.22. The third-order valence-electron chi connectivity index (χ3n) is 1.83. The van der Waals surface area contributed by atoms with Gasteiger partial charge in [0.2, 0.25) is 0 Å². The minimum absolute atomic E-state index is 0. The normalized spacial score (nSPS) is 9.68. The van der Waals surface area contributed by atoms with Crippen LogP contribution < -0.4 is 4.74 Å². The molecule has 0 spiro atoms. The first-order chi connectivity index (χ1) is 8.31. The number of hydrogen-bond acceptors (Lipinski definition) is 4. The molecule has 0 heterocycles. The second-order valence-corrected chi connectivity index (χ2v) is 5.74. The Morgan fingerprint density at radius 1 is 1.32 bits per heavy atom. The zero-order valence-electron chi connectivity index (χ0n) is 10.6. The van der Waals surface area contributed by atoms with Crippen molar-refractivity contribution in [3.63, 3.8) is 0 Å². The van der Waals surface area contributed by atoms with E-state index >= 15 is 0 Å². The molecule has 0 fully saturated rings. The number of carbonyl (C=O) groups is 1. The Kier molecular flexibility index (Phi) is 11.6. The molecule has 1 aromatic carbocycles. The van der Waals surface area contributed by atoms with Gasteiger partial charge in [-0.3, -0.25) is 4.55 Å². The van der Waals surface area contributed by atoms with E-state index in [1.807, 2.05) is 0 Å². The van der Waals surface area contributed by atoms with Crippen LogP contribution in [-0.4, -0.2) is 52.2 Å². The van der Waals surface area contributed by atoms with Gasteiger partial charge in [-0.2, -0.15) is 8.42 Å². The predicted molar refractivity (Wildman–Crippen MR) is 73.0 cm³/mol. The maximum absolute atomic E-state index is 10.6. The molecule has 0 saturated carbocycles. The fraction of sp³-hybridized carbons (Fsp3) is 0.300. The first-order valence-corrected chi connectivity index (χ1v) is 8.15.